The topological polar surface area (TPSA) is 29.1 Å². The van der Waals surface area contributed by atoms with Crippen molar-refractivity contribution in [3.63, 3.8) is 0 Å². The van der Waals surface area contributed by atoms with E-state index in [9.17, 15) is 4.79 Å². The van der Waals surface area contributed by atoms with Crippen LogP contribution >= 0.6 is 23.2 Å². The van der Waals surface area contributed by atoms with Crippen LogP contribution in [0.4, 0.5) is 5.69 Å². The average Bonchev–Trinajstić information content (AvgIpc) is 2.71. The highest BCUT2D eigenvalue weighted by atomic mass is 35.5. The molecular weight excluding hydrogens is 403 g/mol. The number of rotatable bonds is 6. The summed E-state index contributed by atoms with van der Waals surface area (Å²) in [5, 5.41) is 3.87. The van der Waals surface area contributed by atoms with Gasteiger partial charge < -0.3 is 9.80 Å². The van der Waals surface area contributed by atoms with E-state index in [1.54, 1.807) is 18.2 Å². The first-order valence-corrected chi connectivity index (χ1v) is 10.9. The van der Waals surface area contributed by atoms with Gasteiger partial charge in [0.05, 0.1) is 30.2 Å². The van der Waals surface area contributed by atoms with Crippen LogP contribution in [0.15, 0.2) is 48.5 Å². The summed E-state index contributed by atoms with van der Waals surface area (Å²) in [7, 11) is 4.67. The molecule has 1 aliphatic carbocycles. The van der Waals surface area contributed by atoms with Crippen molar-refractivity contribution in [2.75, 3.05) is 19.4 Å². The lowest BCUT2D eigenvalue weighted by Gasteiger charge is -2.40. The summed E-state index contributed by atoms with van der Waals surface area (Å²) in [5.41, 5.74) is 2.91. The molecule has 0 aromatic heterocycles. The minimum absolute atomic E-state index is 0.179. The molecule has 1 N–H and O–H groups in total. The number of carbonyl (C=O) groups excluding carboxylic acids is 1. The van der Waals surface area contributed by atoms with Crippen molar-refractivity contribution in [3.8, 4) is 0 Å². The van der Waals surface area contributed by atoms with Crippen molar-refractivity contribution in [3.05, 3.63) is 69.7 Å². The van der Waals surface area contributed by atoms with Gasteiger partial charge in [-0.1, -0.05) is 47.8 Å². The summed E-state index contributed by atoms with van der Waals surface area (Å²) in [6.07, 6.45) is 9.95. The molecule has 3 nitrogen and oxygen atoms in total. The Bertz CT molecular complexity index is 869. The molecule has 0 spiro atoms. The number of hydrogen-bond acceptors (Lipinski definition) is 1. The second-order valence-corrected chi connectivity index (χ2v) is 9.24. The van der Waals surface area contributed by atoms with Gasteiger partial charge >= 0.3 is 0 Å². The summed E-state index contributed by atoms with van der Waals surface area (Å²) in [5.74, 6) is -0.179. The van der Waals surface area contributed by atoms with Crippen molar-refractivity contribution >= 4 is 40.9 Å². The van der Waals surface area contributed by atoms with Crippen molar-refractivity contribution in [2.45, 2.75) is 44.7 Å². The van der Waals surface area contributed by atoms with Gasteiger partial charge in [-0.25, -0.2) is 0 Å². The van der Waals surface area contributed by atoms with Gasteiger partial charge in [0.15, 0.2) is 0 Å². The van der Waals surface area contributed by atoms with E-state index in [2.05, 4.69) is 31.5 Å². The third-order valence-corrected chi connectivity index (χ3v) is 6.48. The maximum atomic E-state index is 12.2. The lowest BCUT2D eigenvalue weighted by Crippen LogP contribution is -2.48. The van der Waals surface area contributed by atoms with Crippen LogP contribution in [0.5, 0.6) is 0 Å². The summed E-state index contributed by atoms with van der Waals surface area (Å²) in [4.78, 5) is 12.2. The Morgan fingerprint density at radius 1 is 1.03 bits per heavy atom. The molecule has 2 aromatic carbocycles. The highest BCUT2D eigenvalue weighted by Crippen LogP contribution is 2.28. The monoisotopic (exact) mass is 431 g/mol. The number of halogens is 2. The molecule has 0 radical (unpaired) electrons. The number of hydrogen-bond donors (Lipinski definition) is 1. The Balaban J connectivity index is 1.56. The standard InChI is InChI=1S/C24H28Cl2N2O/c1-28(2,21-6-4-3-5-7-21)17-19-8-12-20(13-9-19)27-24(29)15-11-18-10-14-22(25)23(26)16-18/h8-16,21H,3-7,17H2,1-2H3/p+1. The predicted molar refractivity (Wildman–Crippen MR) is 123 cm³/mol. The molecule has 1 amide bonds. The highest BCUT2D eigenvalue weighted by molar-refractivity contribution is 6.42. The summed E-state index contributed by atoms with van der Waals surface area (Å²) in [6, 6.07) is 14.2. The molecule has 29 heavy (non-hydrogen) atoms. The number of anilines is 1. The quantitative estimate of drug-likeness (QED) is 0.407. The van der Waals surface area contributed by atoms with Crippen molar-refractivity contribution < 1.29 is 9.28 Å². The van der Waals surface area contributed by atoms with Gasteiger partial charge in [-0.05, 0) is 61.6 Å². The lowest BCUT2D eigenvalue weighted by atomic mass is 9.92. The molecular formula is C24H29Cl2N2O+. The van der Waals surface area contributed by atoms with E-state index in [1.165, 1.54) is 43.7 Å². The Kier molecular flexibility index (Phi) is 7.39. The van der Waals surface area contributed by atoms with E-state index in [0.717, 1.165) is 28.3 Å². The van der Waals surface area contributed by atoms with Crippen molar-refractivity contribution in [1.29, 1.82) is 0 Å². The summed E-state index contributed by atoms with van der Waals surface area (Å²) >= 11 is 11.9. The molecule has 0 heterocycles. The molecule has 154 valence electrons. The zero-order valence-electron chi connectivity index (χ0n) is 17.1. The molecule has 0 saturated heterocycles. The Hall–Kier alpha value is -1.81. The predicted octanol–water partition coefficient (Wildman–Crippen LogP) is 6.55. The van der Waals surface area contributed by atoms with Gasteiger partial charge in [-0.15, -0.1) is 0 Å². The number of amides is 1. The maximum Gasteiger partial charge on any atom is 0.248 e. The Labute approximate surface area is 183 Å². The van der Waals surface area contributed by atoms with Crippen LogP contribution in [0.25, 0.3) is 6.08 Å². The van der Waals surface area contributed by atoms with Gasteiger partial charge in [0.2, 0.25) is 5.91 Å². The molecule has 0 aliphatic heterocycles. The van der Waals surface area contributed by atoms with E-state index < -0.39 is 0 Å². The summed E-state index contributed by atoms with van der Waals surface area (Å²) in [6.45, 7) is 1.01. The molecule has 5 heteroatoms. The Morgan fingerprint density at radius 3 is 2.38 bits per heavy atom. The minimum atomic E-state index is -0.179. The molecule has 3 rings (SSSR count). The minimum Gasteiger partial charge on any atom is -0.323 e. The zero-order valence-corrected chi connectivity index (χ0v) is 18.6. The third kappa shape index (κ3) is 6.33. The number of quaternary nitrogens is 1. The van der Waals surface area contributed by atoms with E-state index in [-0.39, 0.29) is 5.91 Å². The first kappa shape index (κ1) is 21.9. The van der Waals surface area contributed by atoms with Crippen molar-refractivity contribution in [2.24, 2.45) is 0 Å². The largest absolute Gasteiger partial charge is 0.323 e. The molecule has 1 saturated carbocycles. The van der Waals surface area contributed by atoms with Gasteiger partial charge in [0.1, 0.15) is 6.54 Å². The molecule has 2 aromatic rings. The number of nitrogens with one attached hydrogen (secondary N) is 1. The SMILES string of the molecule is C[N+](C)(Cc1ccc(NC(=O)C=Cc2ccc(Cl)c(Cl)c2)cc1)C1CCCCC1. The zero-order chi connectivity index (χ0) is 20.9. The number of benzene rings is 2. The summed E-state index contributed by atoms with van der Waals surface area (Å²) < 4.78 is 1.03. The van der Waals surface area contributed by atoms with Crippen LogP contribution < -0.4 is 5.32 Å². The average molecular weight is 432 g/mol. The number of nitrogens with zero attached hydrogens (tertiary/aromatic N) is 1. The van der Waals surface area contributed by atoms with E-state index >= 15 is 0 Å². The third-order valence-electron chi connectivity index (χ3n) is 5.75. The molecule has 0 bridgehead atoms. The fourth-order valence-corrected chi connectivity index (χ4v) is 4.35. The van der Waals surface area contributed by atoms with Gasteiger partial charge in [-0.2, -0.15) is 0 Å². The van der Waals surface area contributed by atoms with Crippen LogP contribution in [-0.4, -0.2) is 30.5 Å². The van der Waals surface area contributed by atoms with Crippen LogP contribution in [0.1, 0.15) is 43.2 Å². The van der Waals surface area contributed by atoms with Crippen LogP contribution in [0, 0.1) is 0 Å². The second-order valence-electron chi connectivity index (χ2n) is 8.42. The van der Waals surface area contributed by atoms with E-state index in [4.69, 9.17) is 23.2 Å². The van der Waals surface area contributed by atoms with E-state index in [0.29, 0.717) is 10.0 Å². The fourth-order valence-electron chi connectivity index (χ4n) is 4.05. The van der Waals surface area contributed by atoms with Crippen LogP contribution in [0.2, 0.25) is 10.0 Å². The van der Waals surface area contributed by atoms with Crippen LogP contribution in [0.3, 0.4) is 0 Å². The first-order chi connectivity index (χ1) is 13.8. The van der Waals surface area contributed by atoms with Gasteiger partial charge in [-0.3, -0.25) is 4.79 Å². The maximum absolute atomic E-state index is 12.2. The van der Waals surface area contributed by atoms with Gasteiger partial charge in [0, 0.05) is 17.3 Å². The molecule has 1 fully saturated rings. The normalized spacial score (nSPS) is 15.6. The number of carbonyl (C=O) groups is 1. The first-order valence-electron chi connectivity index (χ1n) is 10.2. The second kappa shape index (κ2) is 9.80. The lowest BCUT2D eigenvalue weighted by molar-refractivity contribution is -0.929. The smallest absolute Gasteiger partial charge is 0.248 e. The van der Waals surface area contributed by atoms with Gasteiger partial charge in [0.25, 0.3) is 0 Å². The fraction of sp³-hybridized carbons (Fsp3) is 0.375. The van der Waals surface area contributed by atoms with Crippen molar-refractivity contribution in [1.82, 2.24) is 0 Å². The van der Waals surface area contributed by atoms with Crippen LogP contribution in [-0.2, 0) is 11.3 Å². The molecule has 0 unspecified atom stereocenters. The Morgan fingerprint density at radius 2 is 1.72 bits per heavy atom. The molecule has 0 atom stereocenters. The van der Waals surface area contributed by atoms with E-state index in [1.807, 2.05) is 18.2 Å². The highest BCUT2D eigenvalue weighted by Gasteiger charge is 2.29. The molecule has 1 aliphatic rings.